The van der Waals surface area contributed by atoms with Crippen LogP contribution in [0.2, 0.25) is 0 Å². The number of thiocarbonyl (C=S) groups is 1. The van der Waals surface area contributed by atoms with E-state index in [1.807, 2.05) is 12.1 Å². The summed E-state index contributed by atoms with van der Waals surface area (Å²) in [5, 5.41) is 7.19. The van der Waals surface area contributed by atoms with Gasteiger partial charge in [-0.1, -0.05) is 32.9 Å². The van der Waals surface area contributed by atoms with Crippen LogP contribution in [0.4, 0.5) is 5.69 Å². The number of hydrogen-bond donors (Lipinski definition) is 2. The number of aryl methyl sites for hydroxylation is 1. The molecule has 2 nitrogen and oxygen atoms in total. The second-order valence-corrected chi connectivity index (χ2v) is 5.96. The van der Waals surface area contributed by atoms with Crippen LogP contribution >= 0.6 is 12.2 Å². The quantitative estimate of drug-likeness (QED) is 0.782. The number of rotatable bonds is 2. The first-order valence-electron chi connectivity index (χ1n) is 5.93. The van der Waals surface area contributed by atoms with Gasteiger partial charge in [0.15, 0.2) is 5.11 Å². The van der Waals surface area contributed by atoms with Crippen molar-refractivity contribution in [3.8, 4) is 0 Å². The first-order chi connectivity index (χ1) is 7.79. The molecule has 0 fully saturated rings. The average Bonchev–Trinajstić information content (AvgIpc) is 2.15. The summed E-state index contributed by atoms with van der Waals surface area (Å²) in [7, 11) is 0. The average molecular weight is 250 g/mol. The van der Waals surface area contributed by atoms with Crippen molar-refractivity contribution < 1.29 is 0 Å². The molecule has 0 aliphatic carbocycles. The monoisotopic (exact) mass is 250 g/mol. The van der Waals surface area contributed by atoms with Crippen LogP contribution in [0.15, 0.2) is 24.3 Å². The van der Waals surface area contributed by atoms with Crippen LogP contribution in [0, 0.1) is 12.3 Å². The summed E-state index contributed by atoms with van der Waals surface area (Å²) in [5.74, 6) is 0. The van der Waals surface area contributed by atoms with Gasteiger partial charge in [0.05, 0.1) is 0 Å². The Bertz CT molecular complexity index is 393. The van der Waals surface area contributed by atoms with Crippen molar-refractivity contribution in [2.24, 2.45) is 5.41 Å². The fourth-order valence-electron chi connectivity index (χ4n) is 1.30. The fraction of sp³-hybridized carbons (Fsp3) is 0.500. The van der Waals surface area contributed by atoms with E-state index >= 15 is 0 Å². The predicted octanol–water partition coefficient (Wildman–Crippen LogP) is 3.72. The standard InChI is InChI=1S/C14H22N2S/c1-10-7-6-8-12(9-10)16-13(17)15-11(2)14(3,4)5/h6-9,11H,1-5H3,(H2,15,16,17). The maximum atomic E-state index is 5.30. The molecule has 94 valence electrons. The van der Waals surface area contributed by atoms with Crippen LogP contribution in [0.3, 0.4) is 0 Å². The van der Waals surface area contributed by atoms with E-state index in [1.54, 1.807) is 0 Å². The van der Waals surface area contributed by atoms with Crippen molar-refractivity contribution in [2.75, 3.05) is 5.32 Å². The van der Waals surface area contributed by atoms with Gasteiger partial charge < -0.3 is 10.6 Å². The molecule has 3 heteroatoms. The van der Waals surface area contributed by atoms with Crippen LogP contribution in [0.5, 0.6) is 0 Å². The van der Waals surface area contributed by atoms with Crippen LogP contribution in [-0.4, -0.2) is 11.2 Å². The maximum absolute atomic E-state index is 5.30. The first kappa shape index (κ1) is 14.0. The lowest BCUT2D eigenvalue weighted by Gasteiger charge is -2.29. The van der Waals surface area contributed by atoms with Gasteiger partial charge in [-0.3, -0.25) is 0 Å². The molecular formula is C14H22N2S. The molecule has 0 saturated heterocycles. The third kappa shape index (κ3) is 4.73. The summed E-state index contributed by atoms with van der Waals surface area (Å²) in [5.41, 5.74) is 2.45. The van der Waals surface area contributed by atoms with E-state index in [4.69, 9.17) is 12.2 Å². The van der Waals surface area contributed by atoms with E-state index in [0.29, 0.717) is 11.2 Å². The summed E-state index contributed by atoms with van der Waals surface area (Å²) in [6.07, 6.45) is 0. The van der Waals surface area contributed by atoms with E-state index in [1.165, 1.54) is 5.56 Å². The van der Waals surface area contributed by atoms with E-state index in [-0.39, 0.29) is 5.41 Å². The van der Waals surface area contributed by atoms with Gasteiger partial charge in [-0.15, -0.1) is 0 Å². The summed E-state index contributed by atoms with van der Waals surface area (Å²) in [4.78, 5) is 0. The molecule has 0 spiro atoms. The Kier molecular flexibility index (Phi) is 4.52. The van der Waals surface area contributed by atoms with E-state index in [9.17, 15) is 0 Å². The third-order valence-corrected chi connectivity index (χ3v) is 3.14. The Hall–Kier alpha value is -1.09. The molecule has 1 rings (SSSR count). The molecule has 0 aliphatic heterocycles. The summed E-state index contributed by atoms with van der Waals surface area (Å²) in [6, 6.07) is 8.51. The minimum absolute atomic E-state index is 0.193. The molecule has 0 amide bonds. The highest BCUT2D eigenvalue weighted by Gasteiger charge is 2.20. The second kappa shape index (κ2) is 5.50. The fourth-order valence-corrected chi connectivity index (χ4v) is 1.60. The van der Waals surface area contributed by atoms with E-state index in [0.717, 1.165) is 5.69 Å². The zero-order valence-electron chi connectivity index (χ0n) is 11.3. The van der Waals surface area contributed by atoms with Gasteiger partial charge in [-0.05, 0) is 49.2 Å². The molecule has 0 aliphatic rings. The minimum Gasteiger partial charge on any atom is -0.359 e. The normalized spacial score (nSPS) is 13.0. The number of hydrogen-bond acceptors (Lipinski definition) is 1. The Morgan fingerprint density at radius 3 is 2.47 bits per heavy atom. The predicted molar refractivity (Wildman–Crippen MR) is 79.5 cm³/mol. The first-order valence-corrected chi connectivity index (χ1v) is 6.34. The zero-order chi connectivity index (χ0) is 13.1. The second-order valence-electron chi connectivity index (χ2n) is 5.56. The smallest absolute Gasteiger partial charge is 0.171 e. The SMILES string of the molecule is Cc1cccc(NC(=S)NC(C)C(C)(C)C)c1. The topological polar surface area (TPSA) is 24.1 Å². The molecule has 17 heavy (non-hydrogen) atoms. The molecule has 1 aromatic carbocycles. The highest BCUT2D eigenvalue weighted by molar-refractivity contribution is 7.80. The Morgan fingerprint density at radius 2 is 1.94 bits per heavy atom. The van der Waals surface area contributed by atoms with E-state index < -0.39 is 0 Å². The van der Waals surface area contributed by atoms with Crippen LogP contribution < -0.4 is 10.6 Å². The number of benzene rings is 1. The Balaban J connectivity index is 2.56. The highest BCUT2D eigenvalue weighted by atomic mass is 32.1. The van der Waals surface area contributed by atoms with Gasteiger partial charge in [-0.2, -0.15) is 0 Å². The lowest BCUT2D eigenvalue weighted by atomic mass is 9.88. The molecule has 1 unspecified atom stereocenters. The third-order valence-electron chi connectivity index (χ3n) is 2.92. The number of anilines is 1. The van der Waals surface area contributed by atoms with Gasteiger partial charge in [0.2, 0.25) is 0 Å². The Morgan fingerprint density at radius 1 is 1.29 bits per heavy atom. The van der Waals surface area contributed by atoms with Gasteiger partial charge in [0, 0.05) is 11.7 Å². The van der Waals surface area contributed by atoms with E-state index in [2.05, 4.69) is 57.4 Å². The summed E-state index contributed by atoms with van der Waals surface area (Å²) >= 11 is 5.30. The lowest BCUT2D eigenvalue weighted by Crippen LogP contribution is -2.43. The molecule has 0 radical (unpaired) electrons. The van der Waals surface area contributed by atoms with Crippen LogP contribution in [0.25, 0.3) is 0 Å². The molecule has 1 aromatic rings. The van der Waals surface area contributed by atoms with Crippen LogP contribution in [0.1, 0.15) is 33.3 Å². The molecule has 1 atom stereocenters. The van der Waals surface area contributed by atoms with Gasteiger partial charge in [0.25, 0.3) is 0 Å². The van der Waals surface area contributed by atoms with Gasteiger partial charge >= 0.3 is 0 Å². The van der Waals surface area contributed by atoms with Crippen LogP contribution in [-0.2, 0) is 0 Å². The number of nitrogens with one attached hydrogen (secondary N) is 2. The van der Waals surface area contributed by atoms with Crippen molar-refractivity contribution in [3.05, 3.63) is 29.8 Å². The summed E-state index contributed by atoms with van der Waals surface area (Å²) in [6.45, 7) is 10.8. The molecular weight excluding hydrogens is 228 g/mol. The molecule has 0 aromatic heterocycles. The Labute approximate surface area is 110 Å². The van der Waals surface area contributed by atoms with Crippen molar-refractivity contribution >= 4 is 23.0 Å². The van der Waals surface area contributed by atoms with Crippen molar-refractivity contribution in [1.82, 2.24) is 5.32 Å². The largest absolute Gasteiger partial charge is 0.359 e. The highest BCUT2D eigenvalue weighted by Crippen LogP contribution is 2.18. The zero-order valence-corrected chi connectivity index (χ0v) is 12.1. The van der Waals surface area contributed by atoms with Crippen molar-refractivity contribution in [1.29, 1.82) is 0 Å². The molecule has 2 N–H and O–H groups in total. The van der Waals surface area contributed by atoms with Crippen molar-refractivity contribution in [2.45, 2.75) is 40.7 Å². The van der Waals surface area contributed by atoms with Gasteiger partial charge in [0.1, 0.15) is 0 Å². The summed E-state index contributed by atoms with van der Waals surface area (Å²) < 4.78 is 0. The van der Waals surface area contributed by atoms with Crippen molar-refractivity contribution in [3.63, 3.8) is 0 Å². The maximum Gasteiger partial charge on any atom is 0.171 e. The minimum atomic E-state index is 0.193. The van der Waals surface area contributed by atoms with Gasteiger partial charge in [-0.25, -0.2) is 0 Å². The lowest BCUT2D eigenvalue weighted by molar-refractivity contribution is 0.317. The molecule has 0 heterocycles. The molecule has 0 saturated carbocycles. The molecule has 0 bridgehead atoms.